The van der Waals surface area contributed by atoms with E-state index in [2.05, 4.69) is 13.8 Å². The first-order valence-electron chi connectivity index (χ1n) is 7.69. The van der Waals surface area contributed by atoms with E-state index in [9.17, 15) is 10.2 Å². The molecule has 2 aliphatic rings. The second-order valence-corrected chi connectivity index (χ2v) is 7.30. The fourth-order valence-corrected chi connectivity index (χ4v) is 4.06. The number of aliphatic hydroxyl groups is 2. The summed E-state index contributed by atoms with van der Waals surface area (Å²) in [5.41, 5.74) is 12.2. The molecule has 2 aliphatic carbocycles. The van der Waals surface area contributed by atoms with Gasteiger partial charge in [-0.2, -0.15) is 0 Å². The Balaban J connectivity index is 2.01. The van der Waals surface area contributed by atoms with Crippen molar-refractivity contribution in [3.63, 3.8) is 0 Å². The van der Waals surface area contributed by atoms with E-state index in [0.717, 1.165) is 38.5 Å². The Bertz CT molecular complexity index is 281. The molecule has 2 fully saturated rings. The molecule has 0 spiro atoms. The average molecular weight is 270 g/mol. The van der Waals surface area contributed by atoms with Gasteiger partial charge in [-0.1, -0.05) is 13.8 Å². The minimum Gasteiger partial charge on any atom is -0.392 e. The smallest absolute Gasteiger partial charge is 0.0691 e. The van der Waals surface area contributed by atoms with Crippen molar-refractivity contribution in [2.45, 2.75) is 76.7 Å². The maximum atomic E-state index is 9.77. The highest BCUT2D eigenvalue weighted by Gasteiger charge is 2.43. The van der Waals surface area contributed by atoms with Gasteiger partial charge in [0.25, 0.3) is 0 Å². The minimum atomic E-state index is -0.331. The van der Waals surface area contributed by atoms with Crippen LogP contribution < -0.4 is 11.5 Å². The molecule has 0 aromatic rings. The fraction of sp³-hybridized carbons (Fsp3) is 1.00. The maximum absolute atomic E-state index is 9.77. The third-order valence-electron chi connectivity index (χ3n) is 5.83. The molecule has 4 nitrogen and oxygen atoms in total. The van der Waals surface area contributed by atoms with E-state index < -0.39 is 0 Å². The largest absolute Gasteiger partial charge is 0.392 e. The van der Waals surface area contributed by atoms with Crippen LogP contribution in [-0.2, 0) is 0 Å². The van der Waals surface area contributed by atoms with E-state index in [1.165, 1.54) is 0 Å². The van der Waals surface area contributed by atoms with E-state index in [0.29, 0.717) is 11.8 Å². The van der Waals surface area contributed by atoms with Crippen molar-refractivity contribution < 1.29 is 10.2 Å². The zero-order valence-electron chi connectivity index (χ0n) is 12.3. The van der Waals surface area contributed by atoms with Gasteiger partial charge in [0, 0.05) is 12.1 Å². The van der Waals surface area contributed by atoms with Crippen LogP contribution in [0, 0.1) is 17.3 Å². The lowest BCUT2D eigenvalue weighted by molar-refractivity contribution is -0.0119. The Kier molecular flexibility index (Phi) is 4.56. The predicted octanol–water partition coefficient (Wildman–Crippen LogP) is 0.989. The summed E-state index contributed by atoms with van der Waals surface area (Å²) in [5, 5.41) is 19.5. The summed E-state index contributed by atoms with van der Waals surface area (Å²) in [5.74, 6) is 1.11. The Hall–Kier alpha value is -0.160. The Morgan fingerprint density at radius 3 is 1.47 bits per heavy atom. The normalized spacial score (nSPS) is 45.2. The lowest BCUT2D eigenvalue weighted by Crippen LogP contribution is -2.49. The Labute approximate surface area is 116 Å². The first-order valence-corrected chi connectivity index (χ1v) is 7.69. The molecular formula is C15H30N2O2. The van der Waals surface area contributed by atoms with Gasteiger partial charge in [-0.3, -0.25) is 0 Å². The van der Waals surface area contributed by atoms with E-state index >= 15 is 0 Å². The van der Waals surface area contributed by atoms with Crippen LogP contribution in [0.15, 0.2) is 0 Å². The molecule has 6 N–H and O–H groups in total. The van der Waals surface area contributed by atoms with Gasteiger partial charge in [0.2, 0.25) is 0 Å². The lowest BCUT2D eigenvalue weighted by Gasteiger charge is -2.48. The van der Waals surface area contributed by atoms with Gasteiger partial charge < -0.3 is 21.7 Å². The second-order valence-electron chi connectivity index (χ2n) is 7.30. The van der Waals surface area contributed by atoms with Crippen molar-refractivity contribution in [2.75, 3.05) is 0 Å². The molecule has 0 aliphatic heterocycles. The zero-order chi connectivity index (χ0) is 14.2. The van der Waals surface area contributed by atoms with E-state index in [1.807, 2.05) is 0 Å². The summed E-state index contributed by atoms with van der Waals surface area (Å²) >= 11 is 0. The third kappa shape index (κ3) is 3.13. The molecule has 0 saturated heterocycles. The van der Waals surface area contributed by atoms with Gasteiger partial charge in [0.15, 0.2) is 0 Å². The highest BCUT2D eigenvalue weighted by atomic mass is 16.3. The first-order chi connectivity index (χ1) is 8.82. The molecule has 2 rings (SSSR count). The highest BCUT2D eigenvalue weighted by Crippen LogP contribution is 2.47. The van der Waals surface area contributed by atoms with Crippen LogP contribution in [0.3, 0.4) is 0 Å². The SMILES string of the molecule is CC(C)(C1CCC(O)C(N)C1)C1CCC(O)C(N)C1. The van der Waals surface area contributed by atoms with Crippen LogP contribution in [0.2, 0.25) is 0 Å². The van der Waals surface area contributed by atoms with E-state index in [-0.39, 0.29) is 29.7 Å². The molecule has 112 valence electrons. The number of hydrogen-bond donors (Lipinski definition) is 4. The number of rotatable bonds is 2. The molecule has 2 saturated carbocycles. The molecule has 0 aromatic carbocycles. The molecule has 0 bridgehead atoms. The van der Waals surface area contributed by atoms with Gasteiger partial charge in [0.05, 0.1) is 12.2 Å². The predicted molar refractivity (Wildman–Crippen MR) is 76.4 cm³/mol. The van der Waals surface area contributed by atoms with Crippen molar-refractivity contribution in [1.82, 2.24) is 0 Å². The molecular weight excluding hydrogens is 240 g/mol. The molecule has 0 amide bonds. The first kappa shape index (κ1) is 15.2. The topological polar surface area (TPSA) is 92.5 Å². The summed E-state index contributed by atoms with van der Waals surface area (Å²) in [4.78, 5) is 0. The van der Waals surface area contributed by atoms with Gasteiger partial charge in [0.1, 0.15) is 0 Å². The summed E-state index contributed by atoms with van der Waals surface area (Å²) < 4.78 is 0. The molecule has 0 heterocycles. The molecule has 0 radical (unpaired) electrons. The zero-order valence-corrected chi connectivity index (χ0v) is 12.3. The quantitative estimate of drug-likeness (QED) is 0.602. The third-order valence-corrected chi connectivity index (χ3v) is 5.83. The number of nitrogens with two attached hydrogens (primary N) is 2. The van der Waals surface area contributed by atoms with Crippen LogP contribution in [-0.4, -0.2) is 34.5 Å². The van der Waals surface area contributed by atoms with Gasteiger partial charge in [-0.05, 0) is 55.8 Å². The van der Waals surface area contributed by atoms with Gasteiger partial charge >= 0.3 is 0 Å². The van der Waals surface area contributed by atoms with Crippen molar-refractivity contribution >= 4 is 0 Å². The minimum absolute atomic E-state index is 0.0825. The Morgan fingerprint density at radius 1 is 0.789 bits per heavy atom. The number of hydrogen-bond acceptors (Lipinski definition) is 4. The van der Waals surface area contributed by atoms with Crippen molar-refractivity contribution in [3.05, 3.63) is 0 Å². The van der Waals surface area contributed by atoms with Crippen molar-refractivity contribution in [3.8, 4) is 0 Å². The molecule has 6 atom stereocenters. The standard InChI is InChI=1S/C15H30N2O2/c1-15(2,9-3-5-13(18)11(16)7-9)10-4-6-14(19)12(17)8-10/h9-14,18-19H,3-8,16-17H2,1-2H3. The summed E-state index contributed by atoms with van der Waals surface area (Å²) in [6.07, 6.45) is 4.88. The van der Waals surface area contributed by atoms with Crippen LogP contribution in [0.1, 0.15) is 52.4 Å². The second kappa shape index (κ2) is 5.68. The van der Waals surface area contributed by atoms with Crippen LogP contribution in [0.4, 0.5) is 0 Å². The van der Waals surface area contributed by atoms with Crippen molar-refractivity contribution in [2.24, 2.45) is 28.7 Å². The van der Waals surface area contributed by atoms with Crippen LogP contribution >= 0.6 is 0 Å². The molecule has 0 aromatic heterocycles. The highest BCUT2D eigenvalue weighted by molar-refractivity contribution is 4.96. The van der Waals surface area contributed by atoms with Gasteiger partial charge in [-0.15, -0.1) is 0 Å². The maximum Gasteiger partial charge on any atom is 0.0691 e. The van der Waals surface area contributed by atoms with Gasteiger partial charge in [-0.25, -0.2) is 0 Å². The summed E-state index contributed by atoms with van der Waals surface area (Å²) in [6.45, 7) is 4.63. The van der Waals surface area contributed by atoms with E-state index in [1.54, 1.807) is 0 Å². The Morgan fingerprint density at radius 2 is 1.16 bits per heavy atom. The van der Waals surface area contributed by atoms with Crippen LogP contribution in [0.25, 0.3) is 0 Å². The van der Waals surface area contributed by atoms with E-state index in [4.69, 9.17) is 11.5 Å². The lowest BCUT2D eigenvalue weighted by atomic mass is 9.59. The summed E-state index contributed by atoms with van der Waals surface area (Å²) in [6, 6.07) is -0.165. The van der Waals surface area contributed by atoms with Crippen LogP contribution in [0.5, 0.6) is 0 Å². The fourth-order valence-electron chi connectivity index (χ4n) is 4.06. The molecule has 4 heteroatoms. The summed E-state index contributed by atoms with van der Waals surface area (Å²) in [7, 11) is 0. The van der Waals surface area contributed by atoms with Crippen molar-refractivity contribution in [1.29, 1.82) is 0 Å². The molecule has 6 unspecified atom stereocenters. The number of aliphatic hydroxyl groups excluding tert-OH is 2. The molecule has 19 heavy (non-hydrogen) atoms. The monoisotopic (exact) mass is 270 g/mol. The average Bonchev–Trinajstić information content (AvgIpc) is 2.35.